The average molecular weight is 230 g/mol. The summed E-state index contributed by atoms with van der Waals surface area (Å²) in [6, 6.07) is 9.57. The molecule has 1 aromatic rings. The highest BCUT2D eigenvalue weighted by Crippen LogP contribution is 2.21. The molecule has 1 heterocycles. The monoisotopic (exact) mass is 230 g/mol. The third-order valence-electron chi connectivity index (χ3n) is 2.88. The second kappa shape index (κ2) is 4.49. The first-order valence-corrected chi connectivity index (χ1v) is 5.55. The number of hydrogen-bond acceptors (Lipinski definition) is 3. The van der Waals surface area contributed by atoms with Crippen molar-refractivity contribution >= 4 is 18.0 Å². The molecule has 4 nitrogen and oxygen atoms in total. The number of amides is 2. The molecule has 1 aliphatic rings. The van der Waals surface area contributed by atoms with Gasteiger partial charge in [-0.25, -0.2) is 0 Å². The van der Waals surface area contributed by atoms with E-state index in [0.29, 0.717) is 12.8 Å². The van der Waals surface area contributed by atoms with Crippen molar-refractivity contribution in [2.75, 3.05) is 0 Å². The van der Waals surface area contributed by atoms with Crippen molar-refractivity contribution in [2.45, 2.75) is 25.3 Å². The SMILES string of the molecule is C[C@]1(N=Cc2ccccc2)CCC(=O)NC1=O. The normalized spacial score (nSPS) is 25.0. The van der Waals surface area contributed by atoms with Crippen LogP contribution in [0, 0.1) is 0 Å². The maximum absolute atomic E-state index is 11.7. The summed E-state index contributed by atoms with van der Waals surface area (Å²) >= 11 is 0. The van der Waals surface area contributed by atoms with Gasteiger partial charge in [-0.3, -0.25) is 19.9 Å². The third-order valence-corrected chi connectivity index (χ3v) is 2.88. The van der Waals surface area contributed by atoms with Crippen LogP contribution in [0.15, 0.2) is 35.3 Å². The Morgan fingerprint density at radius 2 is 2.00 bits per heavy atom. The Kier molecular flexibility index (Phi) is 3.04. The Balaban J connectivity index is 2.15. The highest BCUT2D eigenvalue weighted by molar-refractivity contribution is 6.03. The Morgan fingerprint density at radius 1 is 1.29 bits per heavy atom. The van der Waals surface area contributed by atoms with Gasteiger partial charge in [0.25, 0.3) is 5.91 Å². The van der Waals surface area contributed by atoms with Crippen LogP contribution >= 0.6 is 0 Å². The second-order valence-corrected chi connectivity index (χ2v) is 4.32. The van der Waals surface area contributed by atoms with E-state index in [4.69, 9.17) is 0 Å². The van der Waals surface area contributed by atoms with Gasteiger partial charge in [-0.1, -0.05) is 30.3 Å². The summed E-state index contributed by atoms with van der Waals surface area (Å²) < 4.78 is 0. The molecule has 1 atom stereocenters. The lowest BCUT2D eigenvalue weighted by Gasteiger charge is -2.27. The molecule has 17 heavy (non-hydrogen) atoms. The van der Waals surface area contributed by atoms with Gasteiger partial charge in [0.05, 0.1) is 0 Å². The molecule has 0 aliphatic carbocycles. The summed E-state index contributed by atoms with van der Waals surface area (Å²) in [6.07, 6.45) is 2.48. The molecule has 1 N–H and O–H groups in total. The second-order valence-electron chi connectivity index (χ2n) is 4.32. The summed E-state index contributed by atoms with van der Waals surface area (Å²) in [5, 5.41) is 2.31. The van der Waals surface area contributed by atoms with Crippen molar-refractivity contribution in [3.05, 3.63) is 35.9 Å². The molecule has 2 amide bonds. The van der Waals surface area contributed by atoms with E-state index in [1.54, 1.807) is 13.1 Å². The number of carbonyl (C=O) groups is 2. The molecular weight excluding hydrogens is 216 g/mol. The zero-order valence-corrected chi connectivity index (χ0v) is 9.64. The molecule has 88 valence electrons. The van der Waals surface area contributed by atoms with Crippen molar-refractivity contribution in [1.29, 1.82) is 0 Å². The van der Waals surface area contributed by atoms with E-state index in [9.17, 15) is 9.59 Å². The van der Waals surface area contributed by atoms with Crippen molar-refractivity contribution in [3.63, 3.8) is 0 Å². The Labute approximate surface area is 99.7 Å². The molecule has 0 spiro atoms. The number of benzene rings is 1. The summed E-state index contributed by atoms with van der Waals surface area (Å²) in [7, 11) is 0. The molecule has 2 rings (SSSR count). The molecule has 0 radical (unpaired) electrons. The first-order chi connectivity index (χ1) is 8.10. The molecule has 1 fully saturated rings. The molecule has 4 heteroatoms. The molecule has 1 aliphatic heterocycles. The number of rotatable bonds is 2. The maximum atomic E-state index is 11.7. The van der Waals surface area contributed by atoms with Crippen molar-refractivity contribution in [1.82, 2.24) is 5.32 Å². The average Bonchev–Trinajstić information content (AvgIpc) is 2.34. The minimum absolute atomic E-state index is 0.220. The molecule has 0 saturated carbocycles. The number of nitrogens with zero attached hydrogens (tertiary/aromatic N) is 1. The van der Waals surface area contributed by atoms with E-state index < -0.39 is 5.54 Å². The zero-order chi connectivity index (χ0) is 12.3. The fraction of sp³-hybridized carbons (Fsp3) is 0.308. The van der Waals surface area contributed by atoms with Crippen LogP contribution in [-0.4, -0.2) is 23.6 Å². The predicted molar refractivity (Wildman–Crippen MR) is 64.8 cm³/mol. The Bertz CT molecular complexity index is 468. The fourth-order valence-electron chi connectivity index (χ4n) is 1.67. The summed E-state index contributed by atoms with van der Waals surface area (Å²) in [6.45, 7) is 1.74. The van der Waals surface area contributed by atoms with E-state index >= 15 is 0 Å². The van der Waals surface area contributed by atoms with Crippen LogP contribution in [0.5, 0.6) is 0 Å². The van der Waals surface area contributed by atoms with Gasteiger partial charge in [-0.05, 0) is 18.9 Å². The first-order valence-electron chi connectivity index (χ1n) is 5.55. The number of aliphatic imine (C=N–C) groups is 1. The standard InChI is InChI=1S/C13H14N2O2/c1-13(8-7-11(16)15-12(13)17)14-9-10-5-3-2-4-6-10/h2-6,9H,7-8H2,1H3,(H,15,16,17)/t13-/m0/s1. The van der Waals surface area contributed by atoms with E-state index in [0.717, 1.165) is 5.56 Å². The van der Waals surface area contributed by atoms with E-state index in [2.05, 4.69) is 10.3 Å². The summed E-state index contributed by atoms with van der Waals surface area (Å²) in [5.74, 6) is -0.539. The zero-order valence-electron chi connectivity index (χ0n) is 9.64. The topological polar surface area (TPSA) is 58.5 Å². The lowest BCUT2D eigenvalue weighted by molar-refractivity contribution is -0.136. The molecule has 0 unspecified atom stereocenters. The van der Waals surface area contributed by atoms with Crippen LogP contribution in [-0.2, 0) is 9.59 Å². The van der Waals surface area contributed by atoms with Gasteiger partial charge in [0.1, 0.15) is 5.54 Å². The van der Waals surface area contributed by atoms with Crippen LogP contribution in [0.2, 0.25) is 0 Å². The van der Waals surface area contributed by atoms with E-state index in [-0.39, 0.29) is 11.8 Å². The first kappa shape index (κ1) is 11.5. The van der Waals surface area contributed by atoms with Crippen molar-refractivity contribution < 1.29 is 9.59 Å². The largest absolute Gasteiger partial charge is 0.294 e. The summed E-state index contributed by atoms with van der Waals surface area (Å²) in [4.78, 5) is 27.1. The third kappa shape index (κ3) is 2.58. The molecular formula is C13H14N2O2. The number of piperidine rings is 1. The van der Waals surface area contributed by atoms with E-state index in [1.807, 2.05) is 30.3 Å². The molecule has 1 aromatic carbocycles. The maximum Gasteiger partial charge on any atom is 0.254 e. The lowest BCUT2D eigenvalue weighted by Crippen LogP contribution is -2.50. The molecule has 0 bridgehead atoms. The van der Waals surface area contributed by atoms with Gasteiger partial charge in [-0.15, -0.1) is 0 Å². The van der Waals surface area contributed by atoms with Crippen LogP contribution in [0.25, 0.3) is 0 Å². The minimum Gasteiger partial charge on any atom is -0.294 e. The quantitative estimate of drug-likeness (QED) is 0.615. The van der Waals surface area contributed by atoms with Gasteiger partial charge >= 0.3 is 0 Å². The van der Waals surface area contributed by atoms with Gasteiger partial charge < -0.3 is 0 Å². The molecule has 1 saturated heterocycles. The van der Waals surface area contributed by atoms with Gasteiger partial charge in [-0.2, -0.15) is 0 Å². The number of imide groups is 1. The Morgan fingerprint density at radius 3 is 2.65 bits per heavy atom. The van der Waals surface area contributed by atoms with Gasteiger partial charge in [0, 0.05) is 12.6 Å². The highest BCUT2D eigenvalue weighted by Gasteiger charge is 2.37. The number of carbonyl (C=O) groups excluding carboxylic acids is 2. The lowest BCUT2D eigenvalue weighted by atomic mass is 9.92. The van der Waals surface area contributed by atoms with E-state index in [1.165, 1.54) is 0 Å². The summed E-state index contributed by atoms with van der Waals surface area (Å²) in [5.41, 5.74) is 0.113. The van der Waals surface area contributed by atoms with Crippen LogP contribution < -0.4 is 5.32 Å². The number of nitrogens with one attached hydrogen (secondary N) is 1. The number of hydrogen-bond donors (Lipinski definition) is 1. The minimum atomic E-state index is -0.830. The predicted octanol–water partition coefficient (Wildman–Crippen LogP) is 1.30. The highest BCUT2D eigenvalue weighted by atomic mass is 16.2. The van der Waals surface area contributed by atoms with Crippen LogP contribution in [0.3, 0.4) is 0 Å². The van der Waals surface area contributed by atoms with Crippen molar-refractivity contribution in [3.8, 4) is 0 Å². The van der Waals surface area contributed by atoms with Gasteiger partial charge in [0.2, 0.25) is 5.91 Å². The van der Waals surface area contributed by atoms with Crippen LogP contribution in [0.4, 0.5) is 0 Å². The fourth-order valence-corrected chi connectivity index (χ4v) is 1.67. The van der Waals surface area contributed by atoms with Crippen molar-refractivity contribution in [2.24, 2.45) is 4.99 Å². The molecule has 0 aromatic heterocycles. The van der Waals surface area contributed by atoms with Crippen LogP contribution in [0.1, 0.15) is 25.3 Å². The van der Waals surface area contributed by atoms with Gasteiger partial charge in [0.15, 0.2) is 0 Å². The Hall–Kier alpha value is -1.97. The smallest absolute Gasteiger partial charge is 0.254 e.